The van der Waals surface area contributed by atoms with Crippen LogP contribution in [0.1, 0.15) is 41.0 Å². The molecule has 4 N–H and O–H groups in total. The Labute approximate surface area is 96.4 Å². The van der Waals surface area contributed by atoms with E-state index in [1.807, 2.05) is 0 Å². The van der Waals surface area contributed by atoms with Gasteiger partial charge in [0.05, 0.1) is 5.54 Å². The molecule has 1 amide bonds. The minimum Gasteiger partial charge on any atom is -0.480 e. The Balaban J connectivity index is 4.81. The van der Waals surface area contributed by atoms with E-state index in [9.17, 15) is 9.59 Å². The molecule has 0 aromatic heterocycles. The van der Waals surface area contributed by atoms with Crippen LogP contribution in [0.25, 0.3) is 0 Å². The van der Waals surface area contributed by atoms with Crippen LogP contribution < -0.4 is 11.1 Å². The lowest BCUT2D eigenvalue weighted by atomic mass is 9.86. The lowest BCUT2D eigenvalue weighted by Crippen LogP contribution is -2.58. The molecule has 0 aromatic rings. The highest BCUT2D eigenvalue weighted by atomic mass is 16.4. The van der Waals surface area contributed by atoms with Gasteiger partial charge in [0.1, 0.15) is 6.04 Å². The fourth-order valence-corrected chi connectivity index (χ4v) is 1.11. The lowest BCUT2D eigenvalue weighted by Gasteiger charge is -2.31. The van der Waals surface area contributed by atoms with E-state index >= 15 is 0 Å². The summed E-state index contributed by atoms with van der Waals surface area (Å²) in [5.41, 5.74) is 4.17. The molecule has 0 radical (unpaired) electrons. The van der Waals surface area contributed by atoms with Gasteiger partial charge < -0.3 is 16.2 Å². The van der Waals surface area contributed by atoms with Gasteiger partial charge in [0, 0.05) is 0 Å². The van der Waals surface area contributed by atoms with Crippen molar-refractivity contribution in [1.82, 2.24) is 5.32 Å². The van der Waals surface area contributed by atoms with E-state index in [1.54, 1.807) is 34.6 Å². The van der Waals surface area contributed by atoms with Gasteiger partial charge in [-0.1, -0.05) is 27.7 Å². The Kier molecular flexibility index (Phi) is 4.49. The minimum absolute atomic E-state index is 0.433. The fraction of sp³-hybridized carbons (Fsp3) is 0.818. The summed E-state index contributed by atoms with van der Waals surface area (Å²) in [4.78, 5) is 22.8. The molecule has 0 spiro atoms. The summed E-state index contributed by atoms with van der Waals surface area (Å²) in [5.74, 6) is -1.48. The molecule has 0 saturated heterocycles. The van der Waals surface area contributed by atoms with Crippen molar-refractivity contribution in [2.45, 2.75) is 52.6 Å². The monoisotopic (exact) mass is 230 g/mol. The van der Waals surface area contributed by atoms with E-state index in [1.165, 1.54) is 0 Å². The largest absolute Gasteiger partial charge is 0.480 e. The normalized spacial score (nSPS) is 17.4. The third-order valence-corrected chi connectivity index (χ3v) is 2.64. The zero-order valence-electron chi connectivity index (χ0n) is 10.6. The van der Waals surface area contributed by atoms with Crippen molar-refractivity contribution in [3.63, 3.8) is 0 Å². The van der Waals surface area contributed by atoms with Crippen LogP contribution in [0, 0.1) is 5.41 Å². The maximum atomic E-state index is 11.8. The molecule has 0 aliphatic heterocycles. The van der Waals surface area contributed by atoms with Gasteiger partial charge in [0.2, 0.25) is 5.91 Å². The molecule has 0 saturated carbocycles. The number of carboxylic acid groups (broad SMARTS) is 1. The third-order valence-electron chi connectivity index (χ3n) is 2.64. The molecule has 0 aliphatic rings. The zero-order chi connectivity index (χ0) is 13.1. The van der Waals surface area contributed by atoms with Gasteiger partial charge in [-0.05, 0) is 18.8 Å². The van der Waals surface area contributed by atoms with Crippen molar-refractivity contribution in [3.05, 3.63) is 0 Å². The molecule has 0 rings (SSSR count). The van der Waals surface area contributed by atoms with Crippen molar-refractivity contribution >= 4 is 11.9 Å². The molecule has 0 aliphatic carbocycles. The maximum Gasteiger partial charge on any atom is 0.326 e. The van der Waals surface area contributed by atoms with Crippen molar-refractivity contribution in [2.75, 3.05) is 0 Å². The van der Waals surface area contributed by atoms with Crippen LogP contribution in [0.2, 0.25) is 0 Å². The number of hydrogen-bond donors (Lipinski definition) is 3. The van der Waals surface area contributed by atoms with Gasteiger partial charge in [-0.2, -0.15) is 0 Å². The van der Waals surface area contributed by atoms with Crippen molar-refractivity contribution in [2.24, 2.45) is 11.1 Å². The van der Waals surface area contributed by atoms with Crippen LogP contribution >= 0.6 is 0 Å². The molecule has 16 heavy (non-hydrogen) atoms. The van der Waals surface area contributed by atoms with Gasteiger partial charge >= 0.3 is 5.97 Å². The van der Waals surface area contributed by atoms with Gasteiger partial charge in [-0.25, -0.2) is 4.79 Å². The maximum absolute atomic E-state index is 11.8. The summed E-state index contributed by atoms with van der Waals surface area (Å²) in [6.07, 6.45) is 0.454. The Morgan fingerprint density at radius 2 is 1.75 bits per heavy atom. The van der Waals surface area contributed by atoms with Gasteiger partial charge in [0.25, 0.3) is 0 Å². The summed E-state index contributed by atoms with van der Waals surface area (Å²) in [5, 5.41) is 11.5. The van der Waals surface area contributed by atoms with E-state index in [0.29, 0.717) is 6.42 Å². The molecule has 0 fully saturated rings. The molecular weight excluding hydrogens is 208 g/mol. The van der Waals surface area contributed by atoms with E-state index in [-0.39, 0.29) is 0 Å². The fourth-order valence-electron chi connectivity index (χ4n) is 1.11. The SMILES string of the molecule is CCC(C)(N)C(=O)NC(C(=O)O)C(C)(C)C. The number of carbonyl (C=O) groups is 2. The minimum atomic E-state index is -1.05. The van der Waals surface area contributed by atoms with E-state index in [0.717, 1.165) is 0 Å². The summed E-state index contributed by atoms with van der Waals surface area (Å²) in [7, 11) is 0. The van der Waals surface area contributed by atoms with Gasteiger partial charge in [0.15, 0.2) is 0 Å². The zero-order valence-corrected chi connectivity index (χ0v) is 10.6. The van der Waals surface area contributed by atoms with Crippen LogP contribution in [-0.4, -0.2) is 28.6 Å². The Morgan fingerprint density at radius 1 is 1.31 bits per heavy atom. The lowest BCUT2D eigenvalue weighted by molar-refractivity contribution is -0.145. The molecule has 0 heterocycles. The van der Waals surface area contributed by atoms with Gasteiger partial charge in [-0.3, -0.25) is 4.79 Å². The predicted octanol–water partition coefficient (Wildman–Crippen LogP) is 0.729. The molecule has 5 nitrogen and oxygen atoms in total. The summed E-state index contributed by atoms with van der Waals surface area (Å²) >= 11 is 0. The molecular formula is C11H22N2O3. The Bertz CT molecular complexity index is 279. The summed E-state index contributed by atoms with van der Waals surface area (Å²) in [6, 6.07) is -0.936. The van der Waals surface area contributed by atoms with Crippen molar-refractivity contribution < 1.29 is 14.7 Å². The molecule has 0 aromatic carbocycles. The number of nitrogens with two attached hydrogens (primary N) is 1. The first-order chi connectivity index (χ1) is 7.02. The number of carboxylic acids is 1. The van der Waals surface area contributed by atoms with Crippen LogP contribution in [0.15, 0.2) is 0 Å². The Hall–Kier alpha value is -1.10. The van der Waals surface area contributed by atoms with Crippen LogP contribution in [0.3, 0.4) is 0 Å². The highest BCUT2D eigenvalue weighted by molar-refractivity contribution is 5.89. The summed E-state index contributed by atoms with van der Waals surface area (Å²) < 4.78 is 0. The number of aliphatic carboxylic acids is 1. The Morgan fingerprint density at radius 3 is 2.00 bits per heavy atom. The topological polar surface area (TPSA) is 92.4 Å². The van der Waals surface area contributed by atoms with Crippen LogP contribution in [0.4, 0.5) is 0 Å². The predicted molar refractivity (Wildman–Crippen MR) is 61.9 cm³/mol. The number of hydrogen-bond acceptors (Lipinski definition) is 3. The standard InChI is InChI=1S/C11H22N2O3/c1-6-11(5,12)9(16)13-7(8(14)15)10(2,3)4/h7H,6,12H2,1-5H3,(H,13,16)(H,14,15). The third kappa shape index (κ3) is 3.81. The first kappa shape index (κ1) is 14.9. The molecule has 5 heteroatoms. The van der Waals surface area contributed by atoms with Crippen LogP contribution in [0.5, 0.6) is 0 Å². The number of amides is 1. The van der Waals surface area contributed by atoms with Crippen molar-refractivity contribution in [1.29, 1.82) is 0 Å². The highest BCUT2D eigenvalue weighted by Crippen LogP contribution is 2.20. The van der Waals surface area contributed by atoms with E-state index in [4.69, 9.17) is 10.8 Å². The molecule has 0 bridgehead atoms. The number of rotatable bonds is 4. The van der Waals surface area contributed by atoms with E-state index in [2.05, 4.69) is 5.32 Å². The molecule has 94 valence electrons. The second-order valence-electron chi connectivity index (χ2n) is 5.38. The first-order valence-electron chi connectivity index (χ1n) is 5.35. The molecule has 2 unspecified atom stereocenters. The number of nitrogens with one attached hydrogen (secondary N) is 1. The van der Waals surface area contributed by atoms with Gasteiger partial charge in [-0.15, -0.1) is 0 Å². The number of carbonyl (C=O) groups excluding carboxylic acids is 1. The van der Waals surface area contributed by atoms with Crippen molar-refractivity contribution in [3.8, 4) is 0 Å². The average molecular weight is 230 g/mol. The first-order valence-corrected chi connectivity index (χ1v) is 5.35. The van der Waals surface area contributed by atoms with E-state index < -0.39 is 28.9 Å². The quantitative estimate of drug-likeness (QED) is 0.663. The second-order valence-corrected chi connectivity index (χ2v) is 5.38. The smallest absolute Gasteiger partial charge is 0.326 e. The average Bonchev–Trinajstić information content (AvgIpc) is 2.11. The molecule has 2 atom stereocenters. The summed E-state index contributed by atoms with van der Waals surface area (Å²) in [6.45, 7) is 8.64. The second kappa shape index (κ2) is 4.82. The highest BCUT2D eigenvalue weighted by Gasteiger charge is 2.36. The van der Waals surface area contributed by atoms with Crippen LogP contribution in [-0.2, 0) is 9.59 Å².